The van der Waals surface area contributed by atoms with E-state index < -0.39 is 0 Å². The van der Waals surface area contributed by atoms with Crippen LogP contribution >= 0.6 is 23.6 Å². The molecule has 0 saturated carbocycles. The number of nitrogens with one attached hydrogen (secondary N) is 1. The number of hydrogen-bond acceptors (Lipinski definition) is 5. The Hall–Kier alpha value is -2.84. The highest BCUT2D eigenvalue weighted by molar-refractivity contribution is 7.80. The molecule has 1 N–H and O–H groups in total. The number of nitrogens with zero attached hydrogens (tertiary/aromatic N) is 3. The van der Waals surface area contributed by atoms with E-state index in [2.05, 4.69) is 22.0 Å². The summed E-state index contributed by atoms with van der Waals surface area (Å²) in [6.45, 7) is 6.30. The van der Waals surface area contributed by atoms with Gasteiger partial charge in [0.1, 0.15) is 5.82 Å². The first kappa shape index (κ1) is 18.5. The standard InChI is InChI=1S/C20H17FN4OS2/c1-3-10-25-12(2)16(19-23-18(24-26-19)15-5-4-11-28-15)17(22-20(25)27)13-6-8-14(21)9-7-13/h3-9,11,17H,1,10H2,2H3,(H,22,27). The molecule has 1 aliphatic heterocycles. The zero-order valence-electron chi connectivity index (χ0n) is 15.1. The van der Waals surface area contributed by atoms with Gasteiger partial charge in [0.2, 0.25) is 5.82 Å². The Balaban J connectivity index is 1.83. The smallest absolute Gasteiger partial charge is 0.258 e. The third-order valence-electron chi connectivity index (χ3n) is 4.51. The summed E-state index contributed by atoms with van der Waals surface area (Å²) in [7, 11) is 0. The number of thiocarbonyl (C=S) groups is 1. The molecular weight excluding hydrogens is 395 g/mol. The van der Waals surface area contributed by atoms with Gasteiger partial charge in [0.05, 0.1) is 16.5 Å². The van der Waals surface area contributed by atoms with Gasteiger partial charge in [-0.1, -0.05) is 29.4 Å². The first-order valence-electron chi connectivity index (χ1n) is 8.61. The fraction of sp³-hybridized carbons (Fsp3) is 0.150. The van der Waals surface area contributed by atoms with Gasteiger partial charge in [-0.25, -0.2) is 4.39 Å². The molecular formula is C20H17FN4OS2. The quantitative estimate of drug-likeness (QED) is 0.481. The second-order valence-corrected chi connectivity index (χ2v) is 7.57. The maximum absolute atomic E-state index is 13.4. The predicted molar refractivity (Wildman–Crippen MR) is 112 cm³/mol. The lowest BCUT2D eigenvalue weighted by molar-refractivity contribution is 0.399. The van der Waals surface area contributed by atoms with Gasteiger partial charge in [-0.2, -0.15) is 4.98 Å². The second kappa shape index (κ2) is 7.65. The lowest BCUT2D eigenvalue weighted by Gasteiger charge is -2.36. The average molecular weight is 413 g/mol. The van der Waals surface area contributed by atoms with Crippen LogP contribution < -0.4 is 5.32 Å². The summed E-state index contributed by atoms with van der Waals surface area (Å²) in [5.74, 6) is 0.640. The van der Waals surface area contributed by atoms with Crippen molar-refractivity contribution in [2.45, 2.75) is 13.0 Å². The van der Waals surface area contributed by atoms with Crippen LogP contribution in [-0.2, 0) is 0 Å². The highest BCUT2D eigenvalue weighted by Gasteiger charge is 2.33. The molecule has 3 aromatic rings. The lowest BCUT2D eigenvalue weighted by Crippen LogP contribution is -2.45. The Kier molecular flexibility index (Phi) is 5.06. The minimum Gasteiger partial charge on any atom is -0.351 e. The van der Waals surface area contributed by atoms with Gasteiger partial charge >= 0.3 is 0 Å². The molecule has 28 heavy (non-hydrogen) atoms. The van der Waals surface area contributed by atoms with Gasteiger partial charge in [0.15, 0.2) is 5.11 Å². The van der Waals surface area contributed by atoms with E-state index >= 15 is 0 Å². The van der Waals surface area contributed by atoms with Crippen LogP contribution in [0, 0.1) is 5.82 Å². The summed E-state index contributed by atoms with van der Waals surface area (Å²) in [4.78, 5) is 7.45. The molecule has 0 amide bonds. The molecule has 1 aliphatic rings. The first-order chi connectivity index (χ1) is 13.6. The minimum absolute atomic E-state index is 0.296. The number of aromatic nitrogens is 2. The van der Waals surface area contributed by atoms with Crippen LogP contribution in [-0.4, -0.2) is 26.7 Å². The van der Waals surface area contributed by atoms with Crippen molar-refractivity contribution in [2.75, 3.05) is 6.54 Å². The SMILES string of the molecule is C=CCN1C(=S)NC(c2ccc(F)cc2)C(c2nc(-c3cccs3)no2)=C1C. The van der Waals surface area contributed by atoms with Crippen LogP contribution in [0.25, 0.3) is 16.3 Å². The Bertz CT molecular complexity index is 1040. The van der Waals surface area contributed by atoms with E-state index in [1.54, 1.807) is 29.5 Å². The molecule has 3 heterocycles. The molecule has 8 heteroatoms. The highest BCUT2D eigenvalue weighted by atomic mass is 32.1. The number of benzene rings is 1. The van der Waals surface area contributed by atoms with E-state index in [-0.39, 0.29) is 11.9 Å². The number of allylic oxidation sites excluding steroid dienone is 1. The molecule has 1 unspecified atom stereocenters. The Labute approximate surface area is 171 Å². The van der Waals surface area contributed by atoms with Crippen molar-refractivity contribution < 1.29 is 8.91 Å². The second-order valence-electron chi connectivity index (χ2n) is 6.23. The zero-order valence-corrected chi connectivity index (χ0v) is 16.7. The van der Waals surface area contributed by atoms with Crippen molar-refractivity contribution in [1.29, 1.82) is 0 Å². The number of halogens is 1. The van der Waals surface area contributed by atoms with Gasteiger partial charge in [-0.15, -0.1) is 17.9 Å². The highest BCUT2D eigenvalue weighted by Crippen LogP contribution is 2.37. The number of rotatable bonds is 5. The summed E-state index contributed by atoms with van der Waals surface area (Å²) >= 11 is 7.08. The van der Waals surface area contributed by atoms with Gasteiger partial charge in [-0.3, -0.25) is 0 Å². The summed E-state index contributed by atoms with van der Waals surface area (Å²) in [6, 6.07) is 9.85. The minimum atomic E-state index is -0.328. The summed E-state index contributed by atoms with van der Waals surface area (Å²) in [6.07, 6.45) is 1.78. The van der Waals surface area contributed by atoms with Gasteiger partial charge < -0.3 is 14.7 Å². The normalized spacial score (nSPS) is 17.0. The fourth-order valence-electron chi connectivity index (χ4n) is 3.15. The summed E-state index contributed by atoms with van der Waals surface area (Å²) in [5.41, 5.74) is 2.55. The van der Waals surface area contributed by atoms with Crippen LogP contribution in [0.5, 0.6) is 0 Å². The zero-order chi connectivity index (χ0) is 19.7. The molecule has 0 bridgehead atoms. The van der Waals surface area contributed by atoms with Crippen molar-refractivity contribution in [3.8, 4) is 10.7 Å². The van der Waals surface area contributed by atoms with Gasteiger partial charge in [0.25, 0.3) is 5.89 Å². The maximum atomic E-state index is 13.4. The third-order valence-corrected chi connectivity index (χ3v) is 5.71. The monoisotopic (exact) mass is 412 g/mol. The van der Waals surface area contributed by atoms with Crippen molar-refractivity contribution in [1.82, 2.24) is 20.4 Å². The van der Waals surface area contributed by atoms with Crippen LogP contribution in [0.1, 0.15) is 24.4 Å². The molecule has 5 nitrogen and oxygen atoms in total. The van der Waals surface area contributed by atoms with Crippen molar-refractivity contribution >= 4 is 34.2 Å². The molecule has 0 fully saturated rings. The molecule has 1 aromatic carbocycles. The molecule has 142 valence electrons. The van der Waals surface area contributed by atoms with Crippen molar-refractivity contribution in [3.63, 3.8) is 0 Å². The van der Waals surface area contributed by atoms with Crippen LogP contribution in [0.2, 0.25) is 0 Å². The van der Waals surface area contributed by atoms with Crippen LogP contribution in [0.3, 0.4) is 0 Å². The van der Waals surface area contributed by atoms with Gasteiger partial charge in [0, 0.05) is 12.2 Å². The average Bonchev–Trinajstić information content (AvgIpc) is 3.37. The maximum Gasteiger partial charge on any atom is 0.258 e. The number of thiophene rings is 1. The molecule has 0 spiro atoms. The first-order valence-corrected chi connectivity index (χ1v) is 9.90. The van der Waals surface area contributed by atoms with E-state index in [0.29, 0.717) is 23.4 Å². The Morgan fingerprint density at radius 2 is 2.14 bits per heavy atom. The van der Waals surface area contributed by atoms with Crippen molar-refractivity contribution in [2.24, 2.45) is 0 Å². The number of hydrogen-bond donors (Lipinski definition) is 1. The molecule has 2 aromatic heterocycles. The molecule has 0 saturated heterocycles. The van der Waals surface area contributed by atoms with E-state index in [4.69, 9.17) is 16.7 Å². The molecule has 4 rings (SSSR count). The largest absolute Gasteiger partial charge is 0.351 e. The van der Waals surface area contributed by atoms with Gasteiger partial charge in [-0.05, 0) is 48.3 Å². The summed E-state index contributed by atoms with van der Waals surface area (Å²) in [5, 5.41) is 9.97. The predicted octanol–water partition coefficient (Wildman–Crippen LogP) is 4.79. The van der Waals surface area contributed by atoms with E-state index in [1.165, 1.54) is 12.1 Å². The fourth-order valence-corrected chi connectivity index (χ4v) is 4.13. The summed E-state index contributed by atoms with van der Waals surface area (Å²) < 4.78 is 19.0. The lowest BCUT2D eigenvalue weighted by atomic mass is 9.95. The molecule has 1 atom stereocenters. The van der Waals surface area contributed by atoms with E-state index in [1.807, 2.05) is 29.3 Å². The van der Waals surface area contributed by atoms with E-state index in [9.17, 15) is 4.39 Å². The van der Waals surface area contributed by atoms with Crippen molar-refractivity contribution in [3.05, 3.63) is 77.4 Å². The molecule has 0 radical (unpaired) electrons. The van der Waals surface area contributed by atoms with Crippen LogP contribution in [0.15, 0.2) is 64.7 Å². The van der Waals surface area contributed by atoms with E-state index in [0.717, 1.165) is 21.7 Å². The van der Waals surface area contributed by atoms with Crippen LogP contribution in [0.4, 0.5) is 4.39 Å². The third kappa shape index (κ3) is 3.36. The Morgan fingerprint density at radius 1 is 1.36 bits per heavy atom. The topological polar surface area (TPSA) is 54.2 Å². The molecule has 0 aliphatic carbocycles. The Morgan fingerprint density at radius 3 is 2.82 bits per heavy atom.